The van der Waals surface area contributed by atoms with Gasteiger partial charge < -0.3 is 15.4 Å². The van der Waals surface area contributed by atoms with Crippen molar-refractivity contribution in [3.63, 3.8) is 0 Å². The smallest absolute Gasteiger partial charge is 0.257 e. The van der Waals surface area contributed by atoms with Crippen molar-refractivity contribution in [2.45, 2.75) is 13.8 Å². The maximum absolute atomic E-state index is 12.5. The quantitative estimate of drug-likeness (QED) is 0.702. The van der Waals surface area contributed by atoms with E-state index in [0.29, 0.717) is 5.56 Å². The zero-order chi connectivity index (χ0) is 18.5. The number of nitrogens with one attached hydrogen (secondary N) is 2. The van der Waals surface area contributed by atoms with Crippen LogP contribution in [0.4, 0.5) is 17.1 Å². The number of anilines is 3. The molecule has 2 N–H and O–H groups in total. The van der Waals surface area contributed by atoms with Crippen LogP contribution in [0, 0.1) is 13.8 Å². The molecule has 3 rings (SSSR count). The number of carbonyl (C=O) groups excluding carboxylic acids is 1. The third-order valence-corrected chi connectivity index (χ3v) is 4.01. The number of hydrogen-bond donors (Lipinski definition) is 2. The summed E-state index contributed by atoms with van der Waals surface area (Å²) < 4.78 is 5.15. The highest BCUT2D eigenvalue weighted by Crippen LogP contribution is 2.21. The zero-order valence-electron chi connectivity index (χ0n) is 15.0. The normalized spacial score (nSPS) is 10.3. The zero-order valence-corrected chi connectivity index (χ0v) is 15.0. The second kappa shape index (κ2) is 7.70. The number of carbonyl (C=O) groups is 1. The molecule has 0 bridgehead atoms. The third-order valence-electron chi connectivity index (χ3n) is 4.01. The Balaban J connectivity index is 1.74. The second-order valence-corrected chi connectivity index (χ2v) is 6.09. The van der Waals surface area contributed by atoms with E-state index in [-0.39, 0.29) is 5.91 Å². The largest absolute Gasteiger partial charge is 0.497 e. The van der Waals surface area contributed by atoms with Gasteiger partial charge in [0.2, 0.25) is 0 Å². The second-order valence-electron chi connectivity index (χ2n) is 6.09. The summed E-state index contributed by atoms with van der Waals surface area (Å²) in [6, 6.07) is 15.2. The number of nitrogens with zero attached hydrogens (tertiary/aromatic N) is 1. The Kier molecular flexibility index (Phi) is 5.17. The number of rotatable bonds is 5. The molecule has 2 aromatic carbocycles. The van der Waals surface area contributed by atoms with E-state index in [1.165, 1.54) is 0 Å². The summed E-state index contributed by atoms with van der Waals surface area (Å²) in [6.07, 6.45) is 3.23. The van der Waals surface area contributed by atoms with Gasteiger partial charge in [0.05, 0.1) is 24.6 Å². The summed E-state index contributed by atoms with van der Waals surface area (Å²) in [7, 11) is 1.63. The molecule has 5 nitrogen and oxygen atoms in total. The molecule has 0 saturated heterocycles. The molecule has 0 spiro atoms. The van der Waals surface area contributed by atoms with E-state index < -0.39 is 0 Å². The van der Waals surface area contributed by atoms with Gasteiger partial charge in [0.25, 0.3) is 5.91 Å². The van der Waals surface area contributed by atoms with E-state index >= 15 is 0 Å². The van der Waals surface area contributed by atoms with Gasteiger partial charge in [0.15, 0.2) is 0 Å². The average molecular weight is 347 g/mol. The summed E-state index contributed by atoms with van der Waals surface area (Å²) in [6.45, 7) is 4.00. The van der Waals surface area contributed by atoms with Gasteiger partial charge in [-0.15, -0.1) is 0 Å². The number of aryl methyl sites for hydroxylation is 2. The highest BCUT2D eigenvalue weighted by atomic mass is 16.5. The Morgan fingerprint density at radius 3 is 2.42 bits per heavy atom. The topological polar surface area (TPSA) is 63.2 Å². The minimum Gasteiger partial charge on any atom is -0.497 e. The molecule has 1 heterocycles. The summed E-state index contributed by atoms with van der Waals surface area (Å²) in [5.41, 5.74) is 5.10. The lowest BCUT2D eigenvalue weighted by Gasteiger charge is -2.11. The molecule has 132 valence electrons. The maximum Gasteiger partial charge on any atom is 0.257 e. The highest BCUT2D eigenvalue weighted by molar-refractivity contribution is 6.05. The number of pyridine rings is 1. The van der Waals surface area contributed by atoms with Crippen LogP contribution in [-0.2, 0) is 0 Å². The van der Waals surface area contributed by atoms with Crippen LogP contribution < -0.4 is 15.4 Å². The van der Waals surface area contributed by atoms with Crippen LogP contribution in [0.5, 0.6) is 5.75 Å². The molecule has 0 fully saturated rings. The summed E-state index contributed by atoms with van der Waals surface area (Å²) in [5.74, 6) is 0.595. The number of hydrogen-bond acceptors (Lipinski definition) is 4. The van der Waals surface area contributed by atoms with E-state index in [2.05, 4.69) is 15.6 Å². The Morgan fingerprint density at radius 1 is 0.962 bits per heavy atom. The summed E-state index contributed by atoms with van der Waals surface area (Å²) >= 11 is 0. The van der Waals surface area contributed by atoms with Crippen molar-refractivity contribution in [2.75, 3.05) is 17.7 Å². The minimum atomic E-state index is -0.192. The van der Waals surface area contributed by atoms with E-state index in [0.717, 1.165) is 33.9 Å². The lowest BCUT2D eigenvalue weighted by molar-refractivity contribution is 0.102. The molecule has 26 heavy (non-hydrogen) atoms. The molecule has 0 aliphatic carbocycles. The van der Waals surface area contributed by atoms with E-state index in [1.54, 1.807) is 25.6 Å². The van der Waals surface area contributed by atoms with Crippen LogP contribution in [0.1, 0.15) is 21.5 Å². The Labute approximate surface area is 153 Å². The SMILES string of the molecule is COc1ccc(Nc2cncc(C(=O)Nc3ccc(C)cc3C)c2)cc1. The van der Waals surface area contributed by atoms with Crippen LogP contribution in [-0.4, -0.2) is 18.0 Å². The van der Waals surface area contributed by atoms with Crippen molar-refractivity contribution < 1.29 is 9.53 Å². The van der Waals surface area contributed by atoms with Gasteiger partial charge in [0, 0.05) is 17.6 Å². The van der Waals surface area contributed by atoms with Crippen molar-refractivity contribution in [2.24, 2.45) is 0 Å². The van der Waals surface area contributed by atoms with E-state index in [9.17, 15) is 4.79 Å². The predicted molar refractivity (Wildman–Crippen MR) is 104 cm³/mol. The molecule has 1 amide bonds. The highest BCUT2D eigenvalue weighted by Gasteiger charge is 2.09. The van der Waals surface area contributed by atoms with Crippen molar-refractivity contribution in [1.29, 1.82) is 0 Å². The molecule has 0 atom stereocenters. The first-order chi connectivity index (χ1) is 12.5. The van der Waals surface area contributed by atoms with Crippen LogP contribution >= 0.6 is 0 Å². The van der Waals surface area contributed by atoms with E-state index in [4.69, 9.17) is 4.74 Å². The molecule has 0 aliphatic rings. The number of ether oxygens (including phenoxy) is 1. The van der Waals surface area contributed by atoms with E-state index in [1.807, 2.05) is 56.3 Å². The Bertz CT molecular complexity index is 921. The lowest BCUT2D eigenvalue weighted by Crippen LogP contribution is -2.13. The van der Waals surface area contributed by atoms with Gasteiger partial charge in [-0.1, -0.05) is 17.7 Å². The molecular formula is C21H21N3O2. The fraction of sp³-hybridized carbons (Fsp3) is 0.143. The van der Waals surface area contributed by atoms with Crippen LogP contribution in [0.25, 0.3) is 0 Å². The predicted octanol–water partition coefficient (Wildman–Crippen LogP) is 4.70. The molecule has 1 aromatic heterocycles. The number of amides is 1. The molecule has 0 radical (unpaired) electrons. The lowest BCUT2D eigenvalue weighted by atomic mass is 10.1. The monoisotopic (exact) mass is 347 g/mol. The molecular weight excluding hydrogens is 326 g/mol. The first-order valence-electron chi connectivity index (χ1n) is 8.30. The Hall–Kier alpha value is -3.34. The van der Waals surface area contributed by atoms with Crippen molar-refractivity contribution >= 4 is 23.0 Å². The molecule has 0 aliphatic heterocycles. The van der Waals surface area contributed by atoms with Gasteiger partial charge in [-0.3, -0.25) is 9.78 Å². The standard InChI is InChI=1S/C21H21N3O2/c1-14-4-9-20(15(2)10-14)24-21(25)16-11-18(13-22-12-16)23-17-5-7-19(26-3)8-6-17/h4-13,23H,1-3H3,(H,24,25). The van der Waals surface area contributed by atoms with Crippen molar-refractivity contribution in [1.82, 2.24) is 4.98 Å². The third kappa shape index (κ3) is 4.19. The van der Waals surface area contributed by atoms with Gasteiger partial charge in [-0.2, -0.15) is 0 Å². The van der Waals surface area contributed by atoms with Crippen LogP contribution in [0.15, 0.2) is 60.9 Å². The average Bonchev–Trinajstić information content (AvgIpc) is 2.65. The summed E-state index contributed by atoms with van der Waals surface area (Å²) in [5, 5.41) is 6.17. The first-order valence-corrected chi connectivity index (χ1v) is 8.30. The first kappa shape index (κ1) is 17.5. The van der Waals surface area contributed by atoms with Crippen LogP contribution in [0.2, 0.25) is 0 Å². The number of methoxy groups -OCH3 is 1. The fourth-order valence-corrected chi connectivity index (χ4v) is 2.62. The summed E-state index contributed by atoms with van der Waals surface area (Å²) in [4.78, 5) is 16.7. The molecule has 0 unspecified atom stereocenters. The number of aromatic nitrogens is 1. The maximum atomic E-state index is 12.5. The van der Waals surface area contributed by atoms with Crippen LogP contribution in [0.3, 0.4) is 0 Å². The van der Waals surface area contributed by atoms with Crippen molar-refractivity contribution in [3.8, 4) is 5.75 Å². The minimum absolute atomic E-state index is 0.192. The Morgan fingerprint density at radius 2 is 1.73 bits per heavy atom. The molecule has 3 aromatic rings. The van der Waals surface area contributed by atoms with Gasteiger partial charge in [-0.25, -0.2) is 0 Å². The fourth-order valence-electron chi connectivity index (χ4n) is 2.62. The van der Waals surface area contributed by atoms with Gasteiger partial charge in [0.1, 0.15) is 5.75 Å². The number of benzene rings is 2. The molecule has 0 saturated carbocycles. The molecule has 5 heteroatoms. The van der Waals surface area contributed by atoms with Gasteiger partial charge in [-0.05, 0) is 55.8 Å². The van der Waals surface area contributed by atoms with Crippen molar-refractivity contribution in [3.05, 3.63) is 77.6 Å². The van der Waals surface area contributed by atoms with Gasteiger partial charge >= 0.3 is 0 Å².